The smallest absolute Gasteiger partial charge is 0.262 e. The average molecular weight is 464 g/mol. The zero-order valence-electron chi connectivity index (χ0n) is 18.7. The first-order valence-corrected chi connectivity index (χ1v) is 11.4. The zero-order chi connectivity index (χ0) is 23.4. The quantitative estimate of drug-likeness (QED) is 0.487. The molecule has 0 bridgehead atoms. The lowest BCUT2D eigenvalue weighted by Gasteiger charge is -2.23. The first-order valence-electron chi connectivity index (χ1n) is 10.5. The predicted octanol–water partition coefficient (Wildman–Crippen LogP) is 4.76. The third-order valence-electron chi connectivity index (χ3n) is 5.48. The van der Waals surface area contributed by atoms with E-state index in [1.165, 1.54) is 11.9 Å². The molecule has 0 saturated carbocycles. The molecule has 1 N–H and O–H groups in total. The van der Waals surface area contributed by atoms with Gasteiger partial charge in [0.1, 0.15) is 0 Å². The number of rotatable bonds is 8. The second-order valence-corrected chi connectivity index (χ2v) is 8.53. The molecule has 33 heavy (non-hydrogen) atoms. The van der Waals surface area contributed by atoms with Crippen molar-refractivity contribution in [1.29, 1.82) is 0 Å². The Morgan fingerprint density at radius 2 is 1.91 bits per heavy atom. The van der Waals surface area contributed by atoms with Gasteiger partial charge in [0.25, 0.3) is 5.91 Å². The number of nitrogens with one attached hydrogen (secondary N) is 1. The summed E-state index contributed by atoms with van der Waals surface area (Å²) in [6.45, 7) is 1.56. The number of benzene rings is 2. The summed E-state index contributed by atoms with van der Waals surface area (Å²) in [7, 11) is 3.18. The molecule has 1 amide bonds. The van der Waals surface area contributed by atoms with Gasteiger partial charge in [-0.1, -0.05) is 24.3 Å². The first-order chi connectivity index (χ1) is 16.0. The number of hydrogen-bond acceptors (Lipinski definition) is 7. The Morgan fingerprint density at radius 1 is 1.09 bits per heavy atom. The van der Waals surface area contributed by atoms with Crippen molar-refractivity contribution >= 4 is 34.4 Å². The van der Waals surface area contributed by atoms with Gasteiger partial charge in [0.05, 0.1) is 37.4 Å². The number of Topliss-reactive ketones (excluding diaryl/α,β-unsaturated/α-hetero) is 1. The Bertz CT molecular complexity index is 1190. The van der Waals surface area contributed by atoms with E-state index in [1.807, 2.05) is 41.8 Å². The molecule has 4 rings (SSSR count). The maximum atomic E-state index is 13.3. The van der Waals surface area contributed by atoms with Crippen LogP contribution in [-0.2, 0) is 4.79 Å². The number of ketones is 1. The summed E-state index contributed by atoms with van der Waals surface area (Å²) in [5.74, 6) is 1.03. The Hall–Kier alpha value is -3.65. The van der Waals surface area contributed by atoms with E-state index in [9.17, 15) is 9.59 Å². The Balaban J connectivity index is 1.58. The molecule has 1 aliphatic heterocycles. The van der Waals surface area contributed by atoms with Crippen LogP contribution in [0, 0.1) is 0 Å². The van der Waals surface area contributed by atoms with Gasteiger partial charge >= 0.3 is 0 Å². The number of amides is 1. The van der Waals surface area contributed by atoms with Gasteiger partial charge in [-0.25, -0.2) is 5.01 Å². The summed E-state index contributed by atoms with van der Waals surface area (Å²) in [4.78, 5) is 25.9. The minimum atomic E-state index is -0.264. The van der Waals surface area contributed by atoms with Crippen LogP contribution in [-0.4, -0.2) is 43.2 Å². The van der Waals surface area contributed by atoms with E-state index in [4.69, 9.17) is 9.47 Å². The van der Waals surface area contributed by atoms with Gasteiger partial charge in [-0.2, -0.15) is 5.10 Å². The molecule has 170 valence electrons. The molecular weight excluding hydrogens is 438 g/mol. The van der Waals surface area contributed by atoms with E-state index in [0.717, 1.165) is 16.2 Å². The highest BCUT2D eigenvalue weighted by Crippen LogP contribution is 2.37. The van der Waals surface area contributed by atoms with Crippen LogP contribution in [0.2, 0.25) is 0 Å². The van der Waals surface area contributed by atoms with E-state index < -0.39 is 0 Å². The molecule has 0 unspecified atom stereocenters. The average Bonchev–Trinajstić information content (AvgIpc) is 3.52. The van der Waals surface area contributed by atoms with Crippen molar-refractivity contribution in [1.82, 2.24) is 5.01 Å². The van der Waals surface area contributed by atoms with Crippen LogP contribution < -0.4 is 14.8 Å². The molecule has 0 aliphatic carbocycles. The maximum Gasteiger partial charge on any atom is 0.262 e. The fourth-order valence-electron chi connectivity index (χ4n) is 3.76. The molecule has 0 radical (unpaired) electrons. The highest BCUT2D eigenvalue weighted by molar-refractivity contribution is 7.12. The molecule has 2 aromatic carbocycles. The third kappa shape index (κ3) is 4.90. The van der Waals surface area contributed by atoms with Crippen LogP contribution in [0.25, 0.3) is 0 Å². The largest absolute Gasteiger partial charge is 0.493 e. The second kappa shape index (κ2) is 9.87. The molecule has 0 spiro atoms. The highest BCUT2D eigenvalue weighted by Gasteiger charge is 2.33. The number of carbonyl (C=O) groups excluding carboxylic acids is 2. The van der Waals surface area contributed by atoms with Crippen LogP contribution in [0.3, 0.4) is 0 Å². The van der Waals surface area contributed by atoms with E-state index in [0.29, 0.717) is 29.2 Å². The van der Waals surface area contributed by atoms with E-state index in [-0.39, 0.29) is 24.3 Å². The minimum Gasteiger partial charge on any atom is -0.493 e. The van der Waals surface area contributed by atoms with Crippen molar-refractivity contribution in [2.75, 3.05) is 26.1 Å². The molecule has 7 nitrogen and oxygen atoms in total. The van der Waals surface area contributed by atoms with Crippen molar-refractivity contribution in [3.63, 3.8) is 0 Å². The van der Waals surface area contributed by atoms with Gasteiger partial charge < -0.3 is 14.8 Å². The lowest BCUT2D eigenvalue weighted by Crippen LogP contribution is -2.32. The summed E-state index contributed by atoms with van der Waals surface area (Å²) < 4.78 is 10.8. The van der Waals surface area contributed by atoms with Crippen molar-refractivity contribution in [3.8, 4) is 11.5 Å². The van der Waals surface area contributed by atoms with Gasteiger partial charge in [-0.3, -0.25) is 9.59 Å². The molecule has 0 fully saturated rings. The van der Waals surface area contributed by atoms with Gasteiger partial charge in [0.2, 0.25) is 0 Å². The fourth-order valence-corrected chi connectivity index (χ4v) is 4.48. The summed E-state index contributed by atoms with van der Waals surface area (Å²) >= 11 is 1.60. The van der Waals surface area contributed by atoms with Gasteiger partial charge in [-0.05, 0) is 48.2 Å². The number of carbonyl (C=O) groups is 2. The van der Waals surface area contributed by atoms with Crippen LogP contribution in [0.5, 0.6) is 11.5 Å². The number of ether oxygens (including phenoxy) is 2. The van der Waals surface area contributed by atoms with Crippen LogP contribution in [0.4, 0.5) is 5.69 Å². The van der Waals surface area contributed by atoms with Crippen molar-refractivity contribution < 1.29 is 19.1 Å². The third-order valence-corrected chi connectivity index (χ3v) is 6.40. The number of anilines is 1. The van der Waals surface area contributed by atoms with Gasteiger partial charge in [-0.15, -0.1) is 11.3 Å². The summed E-state index contributed by atoms with van der Waals surface area (Å²) in [5.41, 5.74) is 3.08. The molecule has 2 heterocycles. The van der Waals surface area contributed by atoms with E-state index in [1.54, 1.807) is 43.8 Å². The van der Waals surface area contributed by atoms with Crippen LogP contribution in [0.15, 0.2) is 65.1 Å². The Morgan fingerprint density at radius 3 is 2.61 bits per heavy atom. The lowest BCUT2D eigenvalue weighted by atomic mass is 10.0. The molecule has 8 heteroatoms. The standard InChI is InChI=1S/C25H25N3O4S/c1-16(29)17-6-4-7-19(12-17)26-15-25(30)28-21(14-20(27-28)24-8-5-11-33-24)18-9-10-22(31-2)23(13-18)32-3/h4-13,21,26H,14-15H2,1-3H3/t21-/m1/s1. The summed E-state index contributed by atoms with van der Waals surface area (Å²) in [5, 5.41) is 11.4. The van der Waals surface area contributed by atoms with Crippen LogP contribution in [0.1, 0.15) is 40.2 Å². The Labute approximate surface area is 196 Å². The predicted molar refractivity (Wildman–Crippen MR) is 130 cm³/mol. The maximum absolute atomic E-state index is 13.3. The number of hydrogen-bond donors (Lipinski definition) is 1. The minimum absolute atomic E-state index is 0.0248. The van der Waals surface area contributed by atoms with Gasteiger partial charge in [0, 0.05) is 17.7 Å². The normalized spacial score (nSPS) is 15.2. The molecule has 1 aliphatic rings. The van der Waals surface area contributed by atoms with Crippen molar-refractivity contribution in [2.24, 2.45) is 5.10 Å². The molecule has 1 atom stereocenters. The van der Waals surface area contributed by atoms with E-state index in [2.05, 4.69) is 10.4 Å². The number of hydrazone groups is 1. The molecular formula is C25H25N3O4S. The monoisotopic (exact) mass is 463 g/mol. The topological polar surface area (TPSA) is 80.2 Å². The molecule has 3 aromatic rings. The second-order valence-electron chi connectivity index (χ2n) is 7.59. The van der Waals surface area contributed by atoms with Gasteiger partial charge in [0.15, 0.2) is 17.3 Å². The highest BCUT2D eigenvalue weighted by atomic mass is 32.1. The summed E-state index contributed by atoms with van der Waals surface area (Å²) in [6, 6.07) is 16.5. The van der Waals surface area contributed by atoms with E-state index >= 15 is 0 Å². The first kappa shape index (κ1) is 22.5. The fraction of sp³-hybridized carbons (Fsp3) is 0.240. The lowest BCUT2D eigenvalue weighted by molar-refractivity contribution is -0.131. The van der Waals surface area contributed by atoms with Crippen molar-refractivity contribution in [2.45, 2.75) is 19.4 Å². The molecule has 0 saturated heterocycles. The van der Waals surface area contributed by atoms with Crippen LogP contribution >= 0.6 is 11.3 Å². The summed E-state index contributed by atoms with van der Waals surface area (Å²) in [6.07, 6.45) is 0.599. The number of nitrogens with zero attached hydrogens (tertiary/aromatic N) is 2. The number of methoxy groups -OCH3 is 2. The molecule has 1 aromatic heterocycles. The zero-order valence-corrected chi connectivity index (χ0v) is 19.5. The Kier molecular flexibility index (Phi) is 6.74. The number of thiophene rings is 1. The van der Waals surface area contributed by atoms with Crippen molar-refractivity contribution in [3.05, 3.63) is 76.0 Å². The SMILES string of the molecule is COc1ccc([C@H]2CC(c3cccs3)=NN2C(=O)CNc2cccc(C(C)=O)c2)cc1OC.